The van der Waals surface area contributed by atoms with E-state index in [-0.39, 0.29) is 22.4 Å². The van der Waals surface area contributed by atoms with Gasteiger partial charge in [0.1, 0.15) is 0 Å². The number of carbonyl (C=O) groups excluding carboxylic acids is 1. The molecular formula is C5H7AgO3. The monoisotopic (exact) mass is 222 g/mol. The summed E-state index contributed by atoms with van der Waals surface area (Å²) in [6.45, 7) is 0.313. The standard InChI is InChI=1S/C5H8O3.Ag/c1-8-4-2-3-5(6)7;/h2-3H,4H2,1H3,(H,6,7);/q;+1/p-1/b3-2+;. The van der Waals surface area contributed by atoms with Gasteiger partial charge in [-0.15, -0.1) is 0 Å². The van der Waals surface area contributed by atoms with Crippen LogP contribution < -0.4 is 5.11 Å². The van der Waals surface area contributed by atoms with Crippen molar-refractivity contribution in [2.75, 3.05) is 13.7 Å². The molecule has 0 aromatic rings. The Bertz CT molecular complexity index is 100. The molecule has 0 fully saturated rings. The Kier molecular flexibility index (Phi) is 10.3. The Hall–Kier alpha value is -0.0897. The fraction of sp³-hybridized carbons (Fsp3) is 0.400. The minimum atomic E-state index is -1.19. The fourth-order valence-electron chi connectivity index (χ4n) is 0.241. The summed E-state index contributed by atoms with van der Waals surface area (Å²) in [5, 5.41) is 9.62. The van der Waals surface area contributed by atoms with Gasteiger partial charge < -0.3 is 14.6 Å². The van der Waals surface area contributed by atoms with Gasteiger partial charge in [0.2, 0.25) is 0 Å². The molecule has 0 bridgehead atoms. The van der Waals surface area contributed by atoms with Crippen LogP contribution in [0, 0.1) is 0 Å². The van der Waals surface area contributed by atoms with Gasteiger partial charge in [-0.25, -0.2) is 0 Å². The van der Waals surface area contributed by atoms with E-state index in [2.05, 4.69) is 4.74 Å². The minimum Gasteiger partial charge on any atom is -0.545 e. The third-order valence-electron chi connectivity index (χ3n) is 0.517. The average molecular weight is 223 g/mol. The average Bonchev–Trinajstić information content (AvgIpc) is 1.66. The predicted molar refractivity (Wildman–Crippen MR) is 26.0 cm³/mol. The van der Waals surface area contributed by atoms with Crippen molar-refractivity contribution in [1.29, 1.82) is 0 Å². The van der Waals surface area contributed by atoms with Crippen LogP contribution in [0.25, 0.3) is 0 Å². The van der Waals surface area contributed by atoms with E-state index in [1.165, 1.54) is 13.2 Å². The van der Waals surface area contributed by atoms with Gasteiger partial charge in [-0.05, 0) is 6.08 Å². The minimum absolute atomic E-state index is 0. The normalized spacial score (nSPS) is 9.00. The molecule has 0 spiro atoms. The van der Waals surface area contributed by atoms with Crippen LogP contribution in [0.15, 0.2) is 12.2 Å². The molecule has 56 valence electrons. The van der Waals surface area contributed by atoms with Crippen molar-refractivity contribution in [2.24, 2.45) is 0 Å². The Morgan fingerprint density at radius 2 is 2.33 bits per heavy atom. The number of rotatable bonds is 3. The van der Waals surface area contributed by atoms with Crippen molar-refractivity contribution in [3.05, 3.63) is 12.2 Å². The topological polar surface area (TPSA) is 49.4 Å². The Balaban J connectivity index is 0. The fourth-order valence-corrected chi connectivity index (χ4v) is 0.241. The van der Waals surface area contributed by atoms with Gasteiger partial charge in [-0.1, -0.05) is 6.08 Å². The van der Waals surface area contributed by atoms with Crippen LogP contribution >= 0.6 is 0 Å². The Morgan fingerprint density at radius 1 is 1.78 bits per heavy atom. The molecule has 0 rings (SSSR count). The quantitative estimate of drug-likeness (QED) is 0.452. The second kappa shape index (κ2) is 7.91. The van der Waals surface area contributed by atoms with Crippen LogP contribution in [-0.4, -0.2) is 19.7 Å². The van der Waals surface area contributed by atoms with Gasteiger partial charge >= 0.3 is 22.4 Å². The van der Waals surface area contributed by atoms with Crippen LogP contribution in [-0.2, 0) is 31.9 Å². The molecule has 0 heterocycles. The first-order valence-electron chi connectivity index (χ1n) is 2.14. The number of ether oxygens (including phenoxy) is 1. The number of methoxy groups -OCH3 is 1. The molecule has 0 aliphatic rings. The zero-order chi connectivity index (χ0) is 6.41. The van der Waals surface area contributed by atoms with Gasteiger partial charge in [-0.2, -0.15) is 0 Å². The van der Waals surface area contributed by atoms with Crippen LogP contribution in [0.4, 0.5) is 0 Å². The second-order valence-corrected chi connectivity index (χ2v) is 1.18. The third kappa shape index (κ3) is 11.5. The molecule has 0 aromatic heterocycles. The molecule has 0 aromatic carbocycles. The van der Waals surface area contributed by atoms with Crippen LogP contribution in [0.2, 0.25) is 0 Å². The number of carboxylic acid groups (broad SMARTS) is 1. The summed E-state index contributed by atoms with van der Waals surface area (Å²) >= 11 is 0. The SMILES string of the molecule is COC/C=C/C(=O)[O-].[Ag+]. The molecule has 9 heavy (non-hydrogen) atoms. The molecule has 0 aliphatic heterocycles. The van der Waals surface area contributed by atoms with E-state index in [0.29, 0.717) is 6.61 Å². The molecule has 0 radical (unpaired) electrons. The maximum atomic E-state index is 9.62. The largest absolute Gasteiger partial charge is 1.00 e. The summed E-state index contributed by atoms with van der Waals surface area (Å²) in [7, 11) is 1.49. The van der Waals surface area contributed by atoms with E-state index < -0.39 is 5.97 Å². The maximum absolute atomic E-state index is 9.62. The van der Waals surface area contributed by atoms with Crippen molar-refractivity contribution in [3.63, 3.8) is 0 Å². The third-order valence-corrected chi connectivity index (χ3v) is 0.517. The summed E-state index contributed by atoms with van der Waals surface area (Å²) in [6.07, 6.45) is 2.30. The van der Waals surface area contributed by atoms with Crippen molar-refractivity contribution in [3.8, 4) is 0 Å². The molecule has 0 atom stereocenters. The second-order valence-electron chi connectivity index (χ2n) is 1.18. The van der Waals surface area contributed by atoms with Crippen molar-refractivity contribution >= 4 is 5.97 Å². The molecule has 0 saturated heterocycles. The van der Waals surface area contributed by atoms with Crippen molar-refractivity contribution in [2.45, 2.75) is 0 Å². The molecule has 0 aliphatic carbocycles. The summed E-state index contributed by atoms with van der Waals surface area (Å²) < 4.78 is 4.51. The van der Waals surface area contributed by atoms with Gasteiger partial charge in [0.25, 0.3) is 0 Å². The van der Waals surface area contributed by atoms with E-state index in [1.54, 1.807) is 0 Å². The van der Waals surface area contributed by atoms with Gasteiger partial charge in [0.15, 0.2) is 0 Å². The molecule has 0 amide bonds. The Morgan fingerprint density at radius 3 is 2.67 bits per heavy atom. The zero-order valence-electron chi connectivity index (χ0n) is 4.89. The van der Waals surface area contributed by atoms with E-state index in [4.69, 9.17) is 0 Å². The van der Waals surface area contributed by atoms with Crippen LogP contribution in [0.1, 0.15) is 0 Å². The summed E-state index contributed by atoms with van der Waals surface area (Å²) in [5.74, 6) is -1.19. The number of aliphatic carboxylic acids is 1. The maximum Gasteiger partial charge on any atom is 1.00 e. The zero-order valence-corrected chi connectivity index (χ0v) is 6.37. The molecular weight excluding hydrogens is 216 g/mol. The number of carboxylic acids is 1. The van der Waals surface area contributed by atoms with E-state index in [1.807, 2.05) is 0 Å². The summed E-state index contributed by atoms with van der Waals surface area (Å²) in [6, 6.07) is 0. The van der Waals surface area contributed by atoms with Crippen LogP contribution in [0.3, 0.4) is 0 Å². The molecule has 0 N–H and O–H groups in total. The van der Waals surface area contributed by atoms with Crippen molar-refractivity contribution in [1.82, 2.24) is 0 Å². The van der Waals surface area contributed by atoms with Crippen LogP contribution in [0.5, 0.6) is 0 Å². The smallest absolute Gasteiger partial charge is 0.545 e. The molecule has 0 saturated carbocycles. The molecule has 3 nitrogen and oxygen atoms in total. The van der Waals surface area contributed by atoms with Gasteiger partial charge in [-0.3, -0.25) is 0 Å². The van der Waals surface area contributed by atoms with Gasteiger partial charge in [0.05, 0.1) is 12.6 Å². The first-order chi connectivity index (χ1) is 3.77. The molecule has 0 unspecified atom stereocenters. The number of hydrogen-bond acceptors (Lipinski definition) is 3. The van der Waals surface area contributed by atoms with Crippen molar-refractivity contribution < 1.29 is 37.0 Å². The Labute approximate surface area is 69.2 Å². The first kappa shape index (κ1) is 11.7. The molecule has 4 heteroatoms. The van der Waals surface area contributed by atoms with E-state index in [9.17, 15) is 9.90 Å². The van der Waals surface area contributed by atoms with E-state index in [0.717, 1.165) is 6.08 Å². The van der Waals surface area contributed by atoms with Gasteiger partial charge in [0, 0.05) is 7.11 Å². The first-order valence-corrected chi connectivity index (χ1v) is 2.14. The number of hydrogen-bond donors (Lipinski definition) is 0. The summed E-state index contributed by atoms with van der Waals surface area (Å²) in [4.78, 5) is 9.62. The summed E-state index contributed by atoms with van der Waals surface area (Å²) in [5.41, 5.74) is 0. The predicted octanol–water partition coefficient (Wildman–Crippen LogP) is -1.06. The number of carbonyl (C=O) groups is 1. The van der Waals surface area contributed by atoms with E-state index >= 15 is 0 Å².